The van der Waals surface area contributed by atoms with E-state index < -0.39 is 0 Å². The second-order valence-corrected chi connectivity index (χ2v) is 6.39. The summed E-state index contributed by atoms with van der Waals surface area (Å²) in [5.74, 6) is 0.837. The van der Waals surface area contributed by atoms with Crippen LogP contribution in [0.4, 0.5) is 0 Å². The molecule has 0 aliphatic rings. The second kappa shape index (κ2) is 8.45. The molecule has 3 rings (SSSR count). The first-order chi connectivity index (χ1) is 13.2. The first kappa shape index (κ1) is 18.6. The van der Waals surface area contributed by atoms with Crippen LogP contribution in [0.3, 0.4) is 0 Å². The monoisotopic (exact) mass is 360 g/mol. The predicted octanol–water partition coefficient (Wildman–Crippen LogP) is 3.85. The van der Waals surface area contributed by atoms with Gasteiger partial charge in [-0.2, -0.15) is 5.26 Å². The zero-order chi connectivity index (χ0) is 19.2. The van der Waals surface area contributed by atoms with Crippen LogP contribution in [-0.4, -0.2) is 26.1 Å². The molecule has 0 radical (unpaired) electrons. The Labute approximate surface area is 159 Å². The van der Waals surface area contributed by atoms with E-state index in [2.05, 4.69) is 47.3 Å². The van der Waals surface area contributed by atoms with E-state index in [-0.39, 0.29) is 6.54 Å². The summed E-state index contributed by atoms with van der Waals surface area (Å²) in [6, 6.07) is 6.21. The Morgan fingerprint density at radius 2 is 2.19 bits per heavy atom. The molecule has 0 amide bonds. The lowest BCUT2D eigenvalue weighted by Gasteiger charge is -2.13. The van der Waals surface area contributed by atoms with Crippen LogP contribution >= 0.6 is 0 Å². The molecule has 3 aromatic rings. The first-order valence-corrected chi connectivity index (χ1v) is 9.26. The van der Waals surface area contributed by atoms with E-state index in [0.717, 1.165) is 53.1 Å². The lowest BCUT2D eigenvalue weighted by Crippen LogP contribution is -2.13. The molecule has 0 aliphatic carbocycles. The van der Waals surface area contributed by atoms with Gasteiger partial charge in [0.25, 0.3) is 0 Å². The molecule has 138 valence electrons. The number of nitriles is 1. The molecule has 6 heteroatoms. The van der Waals surface area contributed by atoms with E-state index in [1.807, 2.05) is 30.1 Å². The van der Waals surface area contributed by atoms with Crippen molar-refractivity contribution in [2.24, 2.45) is 7.05 Å². The quantitative estimate of drug-likeness (QED) is 0.648. The summed E-state index contributed by atoms with van der Waals surface area (Å²) < 4.78 is 2.01. The van der Waals surface area contributed by atoms with Gasteiger partial charge in [-0.1, -0.05) is 26.3 Å². The van der Waals surface area contributed by atoms with Crippen LogP contribution in [0.5, 0.6) is 0 Å². The molecule has 0 aliphatic heterocycles. The smallest absolute Gasteiger partial charge is 0.160 e. The summed E-state index contributed by atoms with van der Waals surface area (Å²) in [6.07, 6.45) is 10.5. The zero-order valence-corrected chi connectivity index (χ0v) is 16.0. The fraction of sp³-hybridized carbons (Fsp3) is 0.333. The molecule has 27 heavy (non-hydrogen) atoms. The molecule has 0 fully saturated rings. The number of hydrogen-bond donors (Lipinski definition) is 1. The summed E-state index contributed by atoms with van der Waals surface area (Å²) in [4.78, 5) is 13.8. The lowest BCUT2D eigenvalue weighted by atomic mass is 10.1. The van der Waals surface area contributed by atoms with E-state index in [9.17, 15) is 0 Å². The normalized spacial score (nSPS) is 11.6. The number of imidazole rings is 1. The third kappa shape index (κ3) is 3.82. The highest BCUT2D eigenvalue weighted by Crippen LogP contribution is 2.29. The highest BCUT2D eigenvalue weighted by molar-refractivity contribution is 5.83. The van der Waals surface area contributed by atoms with Gasteiger partial charge in [-0.3, -0.25) is 4.98 Å². The van der Waals surface area contributed by atoms with Gasteiger partial charge in [-0.15, -0.1) is 0 Å². The molecule has 0 aromatic carbocycles. The second-order valence-electron chi connectivity index (χ2n) is 6.39. The molecule has 1 N–H and O–H groups in total. The molecule has 0 atom stereocenters. The lowest BCUT2D eigenvalue weighted by molar-refractivity contribution is 0.909. The van der Waals surface area contributed by atoms with E-state index in [1.165, 1.54) is 5.56 Å². The van der Waals surface area contributed by atoms with Gasteiger partial charge in [0.2, 0.25) is 0 Å². The molecule has 0 unspecified atom stereocenters. The van der Waals surface area contributed by atoms with Crippen LogP contribution in [0, 0.1) is 11.3 Å². The minimum Gasteiger partial charge on any atom is -0.372 e. The van der Waals surface area contributed by atoms with Crippen LogP contribution < -0.4 is 5.32 Å². The maximum absolute atomic E-state index is 8.95. The number of rotatable bonds is 7. The number of allylic oxidation sites excluding steroid dienone is 1. The summed E-state index contributed by atoms with van der Waals surface area (Å²) in [5.41, 5.74) is 5.75. The topological polar surface area (TPSA) is 79.4 Å². The molecule has 6 nitrogen and oxygen atoms in total. The van der Waals surface area contributed by atoms with Crippen LogP contribution in [-0.2, 0) is 13.5 Å². The van der Waals surface area contributed by atoms with Gasteiger partial charge in [0, 0.05) is 42.5 Å². The number of nitrogens with one attached hydrogen (secondary N) is 1. The standard InChI is InChI=1S/C21H24N6/c1-4-6-15-12-19-21(25-13-15)27(3)20(26-19)16-8-10-23-14-17(16)18(7-5-2)24-11-9-22/h7-8,10,12-14,24H,4-6,11H2,1-3H3/b18-7-. The molecule has 0 saturated carbocycles. The average Bonchev–Trinajstić information content (AvgIpc) is 3.01. The Morgan fingerprint density at radius 3 is 2.93 bits per heavy atom. The molecule has 3 heterocycles. The van der Waals surface area contributed by atoms with Crippen molar-refractivity contribution in [1.82, 2.24) is 24.8 Å². The van der Waals surface area contributed by atoms with E-state index in [1.54, 1.807) is 6.20 Å². The van der Waals surface area contributed by atoms with Crippen LogP contribution in [0.2, 0.25) is 0 Å². The molecule has 0 spiro atoms. The van der Waals surface area contributed by atoms with E-state index >= 15 is 0 Å². The molecule has 0 saturated heterocycles. The summed E-state index contributed by atoms with van der Waals surface area (Å²) in [5, 5.41) is 12.1. The van der Waals surface area contributed by atoms with Crippen molar-refractivity contribution in [2.75, 3.05) is 6.54 Å². The number of aryl methyl sites for hydroxylation is 2. The molecular weight excluding hydrogens is 336 g/mol. The largest absolute Gasteiger partial charge is 0.372 e. The van der Waals surface area contributed by atoms with Gasteiger partial charge < -0.3 is 9.88 Å². The predicted molar refractivity (Wildman–Crippen MR) is 108 cm³/mol. The average molecular weight is 360 g/mol. The Hall–Kier alpha value is -3.20. The Kier molecular flexibility index (Phi) is 5.82. The minimum atomic E-state index is 0.241. The van der Waals surface area contributed by atoms with Crippen molar-refractivity contribution >= 4 is 16.9 Å². The molecule has 0 bridgehead atoms. The number of hydrogen-bond acceptors (Lipinski definition) is 5. The van der Waals surface area contributed by atoms with Gasteiger partial charge in [-0.25, -0.2) is 9.97 Å². The van der Waals surface area contributed by atoms with Crippen molar-refractivity contribution in [2.45, 2.75) is 33.1 Å². The van der Waals surface area contributed by atoms with Crippen LogP contribution in [0.1, 0.15) is 37.8 Å². The van der Waals surface area contributed by atoms with Crippen molar-refractivity contribution in [3.05, 3.63) is 47.9 Å². The highest BCUT2D eigenvalue weighted by atomic mass is 15.1. The van der Waals surface area contributed by atoms with Gasteiger partial charge in [0.15, 0.2) is 5.65 Å². The molecular formula is C21H24N6. The number of pyridine rings is 2. The third-order valence-electron chi connectivity index (χ3n) is 4.42. The van der Waals surface area contributed by atoms with Crippen LogP contribution in [0.25, 0.3) is 28.2 Å². The SMILES string of the molecule is CC/C=C(\NCC#N)c1cnccc1-c1nc2cc(CCC)cnc2n1C. The Bertz CT molecular complexity index is 1010. The fourth-order valence-corrected chi connectivity index (χ4v) is 3.20. The van der Waals surface area contributed by atoms with Crippen molar-refractivity contribution in [3.63, 3.8) is 0 Å². The van der Waals surface area contributed by atoms with E-state index in [4.69, 9.17) is 10.2 Å². The zero-order valence-electron chi connectivity index (χ0n) is 16.0. The van der Waals surface area contributed by atoms with Gasteiger partial charge >= 0.3 is 0 Å². The van der Waals surface area contributed by atoms with E-state index in [0.29, 0.717) is 0 Å². The highest BCUT2D eigenvalue weighted by Gasteiger charge is 2.16. The van der Waals surface area contributed by atoms with Crippen molar-refractivity contribution < 1.29 is 0 Å². The minimum absolute atomic E-state index is 0.241. The maximum Gasteiger partial charge on any atom is 0.160 e. The van der Waals surface area contributed by atoms with Gasteiger partial charge in [0.05, 0.1) is 6.07 Å². The van der Waals surface area contributed by atoms with Crippen LogP contribution in [0.15, 0.2) is 36.8 Å². The van der Waals surface area contributed by atoms with Gasteiger partial charge in [0.1, 0.15) is 17.9 Å². The molecule has 3 aromatic heterocycles. The summed E-state index contributed by atoms with van der Waals surface area (Å²) in [7, 11) is 1.98. The Balaban J connectivity index is 2.13. The third-order valence-corrected chi connectivity index (χ3v) is 4.42. The number of nitrogens with zero attached hydrogens (tertiary/aromatic N) is 5. The van der Waals surface area contributed by atoms with Gasteiger partial charge in [-0.05, 0) is 30.5 Å². The maximum atomic E-state index is 8.95. The number of aromatic nitrogens is 4. The number of fused-ring (bicyclic) bond motifs is 1. The van der Waals surface area contributed by atoms with Crippen molar-refractivity contribution in [3.8, 4) is 17.5 Å². The fourth-order valence-electron chi connectivity index (χ4n) is 3.20. The van der Waals surface area contributed by atoms with Crippen molar-refractivity contribution in [1.29, 1.82) is 5.26 Å². The summed E-state index contributed by atoms with van der Waals surface area (Å²) in [6.45, 7) is 4.47. The first-order valence-electron chi connectivity index (χ1n) is 9.26. The Morgan fingerprint density at radius 1 is 1.33 bits per heavy atom. The summed E-state index contributed by atoms with van der Waals surface area (Å²) >= 11 is 0.